The van der Waals surface area contributed by atoms with E-state index in [2.05, 4.69) is 0 Å². The lowest BCUT2D eigenvalue weighted by atomic mass is 9.94. The number of hydrogen-bond acceptors (Lipinski definition) is 5. The van der Waals surface area contributed by atoms with E-state index in [4.69, 9.17) is 14.2 Å². The van der Waals surface area contributed by atoms with E-state index in [-0.39, 0.29) is 0 Å². The molecule has 0 saturated carbocycles. The minimum Gasteiger partial charge on any atom is -0.496 e. The summed E-state index contributed by atoms with van der Waals surface area (Å²) in [4.78, 5) is 13.6. The minimum atomic E-state index is -4.47. The maximum absolute atomic E-state index is 13.1. The molecule has 168 valence electrons. The van der Waals surface area contributed by atoms with Gasteiger partial charge < -0.3 is 19.3 Å². The van der Waals surface area contributed by atoms with Gasteiger partial charge in [0.05, 0.1) is 32.9 Å². The van der Waals surface area contributed by atoms with Gasteiger partial charge in [-0.1, -0.05) is 12.1 Å². The van der Waals surface area contributed by atoms with Crippen LogP contribution in [-0.4, -0.2) is 49.9 Å². The summed E-state index contributed by atoms with van der Waals surface area (Å²) in [6.45, 7) is 0.472. The molecule has 1 N–H and O–H groups in total. The molecule has 0 aliphatic carbocycles. The van der Waals surface area contributed by atoms with E-state index in [1.54, 1.807) is 17.0 Å². The first-order chi connectivity index (χ1) is 14.7. The highest BCUT2D eigenvalue weighted by molar-refractivity contribution is 5.74. The molecule has 31 heavy (non-hydrogen) atoms. The van der Waals surface area contributed by atoms with Crippen molar-refractivity contribution in [1.29, 1.82) is 0 Å². The molecular weight excluding hydrogens is 415 g/mol. The van der Waals surface area contributed by atoms with Crippen LogP contribution in [0, 0.1) is 0 Å². The predicted octanol–water partition coefficient (Wildman–Crippen LogP) is 4.37. The fraction of sp³-hybridized carbons (Fsp3) is 0.409. The Balaban J connectivity index is 2.19. The Labute approximate surface area is 178 Å². The summed E-state index contributed by atoms with van der Waals surface area (Å²) in [5, 5.41) is 9.72. The number of benzene rings is 2. The van der Waals surface area contributed by atoms with Crippen LogP contribution in [0.25, 0.3) is 0 Å². The SMILES string of the molecule is COc1cc(OC)c(C(c2ccc(C(F)(F)F)cc2)N2CCCC2C(=O)O)cc1OC. The second-order valence-electron chi connectivity index (χ2n) is 7.21. The summed E-state index contributed by atoms with van der Waals surface area (Å²) < 4.78 is 55.5. The number of halogens is 3. The quantitative estimate of drug-likeness (QED) is 0.691. The van der Waals surface area contributed by atoms with Gasteiger partial charge in [-0.05, 0) is 36.6 Å². The van der Waals surface area contributed by atoms with Crippen molar-refractivity contribution in [2.24, 2.45) is 0 Å². The van der Waals surface area contributed by atoms with E-state index >= 15 is 0 Å². The second kappa shape index (κ2) is 9.05. The molecule has 9 heteroatoms. The number of aliphatic carboxylic acids is 1. The molecule has 0 bridgehead atoms. The minimum absolute atomic E-state index is 0.404. The first kappa shape index (κ1) is 22.7. The van der Waals surface area contributed by atoms with Crippen LogP contribution in [0.2, 0.25) is 0 Å². The third kappa shape index (κ3) is 4.56. The number of ether oxygens (including phenoxy) is 3. The maximum Gasteiger partial charge on any atom is 0.416 e. The number of nitrogens with zero attached hydrogens (tertiary/aromatic N) is 1. The number of methoxy groups -OCH3 is 3. The molecule has 0 spiro atoms. The Hall–Kier alpha value is -2.94. The van der Waals surface area contributed by atoms with Gasteiger partial charge in [-0.3, -0.25) is 9.69 Å². The van der Waals surface area contributed by atoms with Crippen molar-refractivity contribution in [3.8, 4) is 17.2 Å². The average molecular weight is 439 g/mol. The van der Waals surface area contributed by atoms with Crippen LogP contribution in [0.3, 0.4) is 0 Å². The van der Waals surface area contributed by atoms with E-state index in [0.717, 1.165) is 12.1 Å². The fourth-order valence-electron chi connectivity index (χ4n) is 4.03. The third-order valence-electron chi connectivity index (χ3n) is 5.50. The van der Waals surface area contributed by atoms with E-state index in [0.29, 0.717) is 47.8 Å². The van der Waals surface area contributed by atoms with Crippen LogP contribution in [0.4, 0.5) is 13.2 Å². The Kier molecular flexibility index (Phi) is 6.64. The standard InChI is InChI=1S/C22H24F3NO5/c1-29-17-12-19(31-3)18(30-2)11-15(17)20(26-10-4-5-16(26)21(27)28)13-6-8-14(9-7-13)22(23,24)25/h6-9,11-12,16,20H,4-5,10H2,1-3H3,(H,27,28). The van der Waals surface area contributed by atoms with Crippen LogP contribution in [0.5, 0.6) is 17.2 Å². The van der Waals surface area contributed by atoms with Crippen LogP contribution in [0.1, 0.15) is 35.6 Å². The van der Waals surface area contributed by atoms with Crippen molar-refractivity contribution >= 4 is 5.97 Å². The molecule has 1 saturated heterocycles. The number of rotatable bonds is 7. The topological polar surface area (TPSA) is 68.2 Å². The van der Waals surface area contributed by atoms with E-state index in [1.807, 2.05) is 0 Å². The molecule has 3 rings (SSSR count). The van der Waals surface area contributed by atoms with Gasteiger partial charge in [0.25, 0.3) is 0 Å². The molecule has 1 fully saturated rings. The molecular formula is C22H24F3NO5. The number of alkyl halides is 3. The molecule has 2 unspecified atom stereocenters. The Bertz CT molecular complexity index is 930. The van der Waals surface area contributed by atoms with Crippen molar-refractivity contribution in [3.63, 3.8) is 0 Å². The number of carbonyl (C=O) groups is 1. The maximum atomic E-state index is 13.1. The molecule has 1 heterocycles. The number of hydrogen-bond donors (Lipinski definition) is 1. The van der Waals surface area contributed by atoms with Crippen LogP contribution >= 0.6 is 0 Å². The van der Waals surface area contributed by atoms with Gasteiger partial charge in [0.1, 0.15) is 11.8 Å². The average Bonchev–Trinajstić information content (AvgIpc) is 3.23. The molecule has 1 aliphatic rings. The lowest BCUT2D eigenvalue weighted by Gasteiger charge is -2.33. The first-order valence-corrected chi connectivity index (χ1v) is 9.66. The Morgan fingerprint density at radius 1 is 1.03 bits per heavy atom. The summed E-state index contributed by atoms with van der Waals surface area (Å²) >= 11 is 0. The highest BCUT2D eigenvalue weighted by atomic mass is 19.4. The number of carboxylic acids is 1. The zero-order valence-electron chi connectivity index (χ0n) is 17.4. The lowest BCUT2D eigenvalue weighted by Crippen LogP contribution is -2.39. The number of carboxylic acid groups (broad SMARTS) is 1. The van der Waals surface area contributed by atoms with Gasteiger partial charge in [0, 0.05) is 18.2 Å². The summed E-state index contributed by atoms with van der Waals surface area (Å²) in [7, 11) is 4.41. The predicted molar refractivity (Wildman–Crippen MR) is 107 cm³/mol. The molecule has 0 aromatic heterocycles. The zero-order valence-corrected chi connectivity index (χ0v) is 17.4. The molecule has 0 amide bonds. The summed E-state index contributed by atoms with van der Waals surface area (Å²) in [5.74, 6) is 0.263. The smallest absolute Gasteiger partial charge is 0.416 e. The molecule has 2 aromatic rings. The first-order valence-electron chi connectivity index (χ1n) is 9.66. The van der Waals surface area contributed by atoms with E-state index < -0.39 is 29.8 Å². The van der Waals surface area contributed by atoms with Gasteiger partial charge in [-0.25, -0.2) is 0 Å². The molecule has 6 nitrogen and oxygen atoms in total. The highest BCUT2D eigenvalue weighted by Crippen LogP contribution is 2.44. The van der Waals surface area contributed by atoms with Crippen LogP contribution in [-0.2, 0) is 11.0 Å². The summed E-state index contributed by atoms with van der Waals surface area (Å²) in [5.41, 5.74) is 0.324. The Morgan fingerprint density at radius 2 is 1.61 bits per heavy atom. The van der Waals surface area contributed by atoms with Gasteiger partial charge in [-0.15, -0.1) is 0 Å². The van der Waals surface area contributed by atoms with Crippen LogP contribution in [0.15, 0.2) is 36.4 Å². The van der Waals surface area contributed by atoms with Crippen molar-refractivity contribution in [2.75, 3.05) is 27.9 Å². The summed E-state index contributed by atoms with van der Waals surface area (Å²) in [6, 6.07) is 6.63. The van der Waals surface area contributed by atoms with Crippen molar-refractivity contribution in [3.05, 3.63) is 53.1 Å². The van der Waals surface area contributed by atoms with E-state index in [9.17, 15) is 23.1 Å². The van der Waals surface area contributed by atoms with Gasteiger partial charge in [0.2, 0.25) is 0 Å². The van der Waals surface area contributed by atoms with Crippen molar-refractivity contribution in [1.82, 2.24) is 4.90 Å². The monoisotopic (exact) mass is 439 g/mol. The third-order valence-corrected chi connectivity index (χ3v) is 5.50. The zero-order chi connectivity index (χ0) is 22.8. The Morgan fingerprint density at radius 3 is 2.13 bits per heavy atom. The van der Waals surface area contributed by atoms with Crippen molar-refractivity contribution < 1.29 is 37.3 Å². The fourth-order valence-corrected chi connectivity index (χ4v) is 4.03. The lowest BCUT2D eigenvalue weighted by molar-refractivity contribution is -0.142. The summed E-state index contributed by atoms with van der Waals surface area (Å²) in [6.07, 6.45) is -3.36. The van der Waals surface area contributed by atoms with Crippen molar-refractivity contribution in [2.45, 2.75) is 31.1 Å². The van der Waals surface area contributed by atoms with Gasteiger partial charge >= 0.3 is 12.1 Å². The van der Waals surface area contributed by atoms with Gasteiger partial charge in [0.15, 0.2) is 11.5 Å². The highest BCUT2D eigenvalue weighted by Gasteiger charge is 2.39. The van der Waals surface area contributed by atoms with Gasteiger partial charge in [-0.2, -0.15) is 13.2 Å². The molecule has 2 atom stereocenters. The second-order valence-corrected chi connectivity index (χ2v) is 7.21. The molecule has 0 radical (unpaired) electrons. The molecule has 2 aromatic carbocycles. The van der Waals surface area contributed by atoms with Crippen LogP contribution < -0.4 is 14.2 Å². The number of likely N-dealkylation sites (tertiary alicyclic amines) is 1. The normalized spacial score (nSPS) is 17.9. The van der Waals surface area contributed by atoms with E-state index in [1.165, 1.54) is 33.5 Å². The largest absolute Gasteiger partial charge is 0.496 e. The molecule has 1 aliphatic heterocycles.